The Labute approximate surface area is 170 Å². The zero-order chi connectivity index (χ0) is 19.3. The summed E-state index contributed by atoms with van der Waals surface area (Å²) in [6, 6.07) is 8.01. The number of rotatable bonds is 6. The first kappa shape index (κ1) is 19.3. The number of ether oxygens (including phenoxy) is 1. The number of aromatic nitrogens is 2. The van der Waals surface area contributed by atoms with Crippen molar-refractivity contribution in [2.45, 2.75) is 56.7 Å². The van der Waals surface area contributed by atoms with E-state index in [1.54, 1.807) is 0 Å². The number of amides is 1. The topological polar surface area (TPSA) is 68.5 Å². The van der Waals surface area contributed by atoms with Crippen LogP contribution in [0.5, 0.6) is 5.75 Å². The molecule has 2 heterocycles. The van der Waals surface area contributed by atoms with Crippen LogP contribution in [0.1, 0.15) is 45.4 Å². The SMILES string of the molecule is CCOc1ccc(-c2nnc(SCC(=O)N3CCC[C@@H]4CCCC[C@@H]43)o2)cc1. The van der Waals surface area contributed by atoms with Crippen LogP contribution < -0.4 is 4.74 Å². The fourth-order valence-corrected chi connectivity index (χ4v) is 5.04. The Bertz CT molecular complexity index is 790. The van der Waals surface area contributed by atoms with Crippen LogP contribution in [-0.4, -0.2) is 46.0 Å². The Balaban J connectivity index is 1.34. The molecule has 2 atom stereocenters. The zero-order valence-corrected chi connectivity index (χ0v) is 17.1. The molecule has 1 aromatic heterocycles. The highest BCUT2D eigenvalue weighted by Crippen LogP contribution is 2.35. The van der Waals surface area contributed by atoms with E-state index in [2.05, 4.69) is 15.1 Å². The van der Waals surface area contributed by atoms with Gasteiger partial charge < -0.3 is 14.1 Å². The summed E-state index contributed by atoms with van der Waals surface area (Å²) in [6.45, 7) is 3.48. The third kappa shape index (κ3) is 4.35. The van der Waals surface area contributed by atoms with Crippen molar-refractivity contribution >= 4 is 17.7 Å². The number of hydrogen-bond donors (Lipinski definition) is 0. The second-order valence-corrected chi connectivity index (χ2v) is 8.39. The van der Waals surface area contributed by atoms with E-state index >= 15 is 0 Å². The lowest BCUT2D eigenvalue weighted by atomic mass is 9.78. The zero-order valence-electron chi connectivity index (χ0n) is 16.3. The standard InChI is InChI=1S/C21H27N3O3S/c1-2-26-17-11-9-16(10-12-17)20-22-23-21(27-20)28-14-19(25)24-13-5-7-15-6-3-4-8-18(15)24/h9-12,15,18H,2-8,13-14H2,1H3/t15-,18-/m0/s1. The molecule has 2 fully saturated rings. The predicted molar refractivity (Wildman–Crippen MR) is 108 cm³/mol. The Kier molecular flexibility index (Phi) is 6.20. The molecule has 4 rings (SSSR count). The molecule has 2 aromatic rings. The van der Waals surface area contributed by atoms with E-state index in [9.17, 15) is 4.79 Å². The monoisotopic (exact) mass is 401 g/mol. The van der Waals surface area contributed by atoms with Gasteiger partial charge in [-0.25, -0.2) is 0 Å². The van der Waals surface area contributed by atoms with Crippen LogP contribution in [0.3, 0.4) is 0 Å². The summed E-state index contributed by atoms with van der Waals surface area (Å²) < 4.78 is 11.2. The van der Waals surface area contributed by atoms with E-state index in [0.29, 0.717) is 35.4 Å². The third-order valence-electron chi connectivity index (χ3n) is 5.70. The lowest BCUT2D eigenvalue weighted by Crippen LogP contribution is -2.50. The highest BCUT2D eigenvalue weighted by Gasteiger charge is 2.35. The van der Waals surface area contributed by atoms with E-state index in [1.165, 1.54) is 37.4 Å². The summed E-state index contributed by atoms with van der Waals surface area (Å²) in [5.41, 5.74) is 0.843. The molecule has 7 heteroatoms. The van der Waals surface area contributed by atoms with Gasteiger partial charge in [0.2, 0.25) is 11.8 Å². The molecule has 1 aromatic carbocycles. The molecule has 0 spiro atoms. The minimum Gasteiger partial charge on any atom is -0.494 e. The molecule has 1 aliphatic heterocycles. The van der Waals surface area contributed by atoms with Crippen LogP contribution in [0.4, 0.5) is 0 Å². The van der Waals surface area contributed by atoms with Gasteiger partial charge in [0, 0.05) is 18.2 Å². The largest absolute Gasteiger partial charge is 0.494 e. The van der Waals surface area contributed by atoms with Gasteiger partial charge in [-0.3, -0.25) is 4.79 Å². The molecular weight excluding hydrogens is 374 g/mol. The average Bonchev–Trinajstić information content (AvgIpc) is 3.21. The van der Waals surface area contributed by atoms with Crippen LogP contribution in [0.15, 0.2) is 33.9 Å². The van der Waals surface area contributed by atoms with Gasteiger partial charge in [-0.15, -0.1) is 10.2 Å². The Morgan fingerprint density at radius 3 is 2.79 bits per heavy atom. The number of nitrogens with zero attached hydrogens (tertiary/aromatic N) is 3. The maximum Gasteiger partial charge on any atom is 0.277 e. The molecule has 6 nitrogen and oxygen atoms in total. The van der Waals surface area contributed by atoms with Gasteiger partial charge in [-0.2, -0.15) is 0 Å². The summed E-state index contributed by atoms with van der Waals surface area (Å²) in [6.07, 6.45) is 7.39. The maximum atomic E-state index is 12.8. The third-order valence-corrected chi connectivity index (χ3v) is 6.50. The van der Waals surface area contributed by atoms with Crippen molar-refractivity contribution in [1.82, 2.24) is 15.1 Å². The molecule has 1 aliphatic carbocycles. The molecular formula is C21H27N3O3S. The molecule has 0 N–H and O–H groups in total. The van der Waals surface area contributed by atoms with Gasteiger partial charge >= 0.3 is 0 Å². The van der Waals surface area contributed by atoms with Gasteiger partial charge in [0.1, 0.15) is 5.75 Å². The molecule has 0 radical (unpaired) electrons. The number of piperidine rings is 1. The molecule has 1 saturated carbocycles. The molecule has 28 heavy (non-hydrogen) atoms. The molecule has 0 bridgehead atoms. The molecule has 150 valence electrons. The minimum atomic E-state index is 0.197. The first-order valence-corrected chi connectivity index (χ1v) is 11.2. The van der Waals surface area contributed by atoms with Crippen LogP contribution in [0.2, 0.25) is 0 Å². The number of carbonyl (C=O) groups excluding carboxylic acids is 1. The number of fused-ring (bicyclic) bond motifs is 1. The number of likely N-dealkylation sites (tertiary alicyclic amines) is 1. The van der Waals surface area contributed by atoms with Crippen molar-refractivity contribution in [2.75, 3.05) is 18.9 Å². The molecule has 0 unspecified atom stereocenters. The fraction of sp³-hybridized carbons (Fsp3) is 0.571. The van der Waals surface area contributed by atoms with Crippen molar-refractivity contribution in [3.05, 3.63) is 24.3 Å². The summed E-state index contributed by atoms with van der Waals surface area (Å²) >= 11 is 1.33. The predicted octanol–water partition coefficient (Wildman–Crippen LogP) is 4.41. The summed E-state index contributed by atoms with van der Waals surface area (Å²) in [4.78, 5) is 14.9. The van der Waals surface area contributed by atoms with Gasteiger partial charge in [0.25, 0.3) is 5.22 Å². The number of carbonyl (C=O) groups is 1. The second-order valence-electron chi connectivity index (χ2n) is 7.46. The van der Waals surface area contributed by atoms with E-state index in [4.69, 9.17) is 9.15 Å². The van der Waals surface area contributed by atoms with Gasteiger partial charge in [0.05, 0.1) is 12.4 Å². The molecule has 1 amide bonds. The van der Waals surface area contributed by atoms with Crippen molar-refractivity contribution in [1.29, 1.82) is 0 Å². The van der Waals surface area contributed by atoms with Crippen molar-refractivity contribution < 1.29 is 13.9 Å². The number of thioether (sulfide) groups is 1. The Morgan fingerprint density at radius 1 is 1.18 bits per heavy atom. The van der Waals surface area contributed by atoms with Crippen LogP contribution >= 0.6 is 11.8 Å². The second kappa shape index (κ2) is 8.99. The maximum absolute atomic E-state index is 12.8. The minimum absolute atomic E-state index is 0.197. The van der Waals surface area contributed by atoms with E-state index < -0.39 is 0 Å². The van der Waals surface area contributed by atoms with Crippen LogP contribution in [-0.2, 0) is 4.79 Å². The summed E-state index contributed by atoms with van der Waals surface area (Å²) in [5.74, 6) is 2.53. The molecule has 1 saturated heterocycles. The van der Waals surface area contributed by atoms with Gasteiger partial charge in [-0.05, 0) is 62.8 Å². The van der Waals surface area contributed by atoms with Crippen molar-refractivity contribution in [2.24, 2.45) is 5.92 Å². The highest BCUT2D eigenvalue weighted by atomic mass is 32.2. The van der Waals surface area contributed by atoms with Crippen LogP contribution in [0.25, 0.3) is 11.5 Å². The van der Waals surface area contributed by atoms with Gasteiger partial charge in [-0.1, -0.05) is 24.6 Å². The average molecular weight is 402 g/mol. The molecule has 2 aliphatic rings. The van der Waals surface area contributed by atoms with E-state index in [0.717, 1.165) is 30.7 Å². The smallest absolute Gasteiger partial charge is 0.277 e. The lowest BCUT2D eigenvalue weighted by Gasteiger charge is -2.44. The lowest BCUT2D eigenvalue weighted by molar-refractivity contribution is -0.134. The number of benzene rings is 1. The van der Waals surface area contributed by atoms with Gasteiger partial charge in [0.15, 0.2) is 0 Å². The van der Waals surface area contributed by atoms with E-state index in [1.807, 2.05) is 31.2 Å². The van der Waals surface area contributed by atoms with Crippen molar-refractivity contribution in [3.63, 3.8) is 0 Å². The Morgan fingerprint density at radius 2 is 1.96 bits per heavy atom. The van der Waals surface area contributed by atoms with E-state index in [-0.39, 0.29) is 5.91 Å². The first-order valence-electron chi connectivity index (χ1n) is 10.2. The fourth-order valence-electron chi connectivity index (χ4n) is 4.39. The quantitative estimate of drug-likeness (QED) is 0.668. The van der Waals surface area contributed by atoms with Crippen molar-refractivity contribution in [3.8, 4) is 17.2 Å². The van der Waals surface area contributed by atoms with Crippen LogP contribution in [0, 0.1) is 5.92 Å². The normalized spacial score (nSPS) is 22.0. The first-order chi connectivity index (χ1) is 13.7. The Hall–Kier alpha value is -2.02. The summed E-state index contributed by atoms with van der Waals surface area (Å²) in [7, 11) is 0. The summed E-state index contributed by atoms with van der Waals surface area (Å²) in [5, 5.41) is 8.65. The highest BCUT2D eigenvalue weighted by molar-refractivity contribution is 7.99. The number of hydrogen-bond acceptors (Lipinski definition) is 6.